The van der Waals surface area contributed by atoms with Gasteiger partial charge in [-0.15, -0.1) is 0 Å². The second kappa shape index (κ2) is 8.50. The van der Waals surface area contributed by atoms with Crippen molar-refractivity contribution in [2.24, 2.45) is 5.92 Å². The fourth-order valence-corrected chi connectivity index (χ4v) is 4.76. The summed E-state index contributed by atoms with van der Waals surface area (Å²) in [6, 6.07) is 5.59. The summed E-state index contributed by atoms with van der Waals surface area (Å²) in [5, 5.41) is 3.39. The van der Waals surface area contributed by atoms with E-state index in [-0.39, 0.29) is 29.8 Å². The van der Waals surface area contributed by atoms with Gasteiger partial charge in [-0.25, -0.2) is 4.39 Å². The molecule has 0 radical (unpaired) electrons. The average molecular weight is 452 g/mol. The molecule has 2 atom stereocenters. The van der Waals surface area contributed by atoms with Crippen molar-refractivity contribution < 1.29 is 22.4 Å². The van der Waals surface area contributed by atoms with Crippen molar-refractivity contribution in [3.8, 4) is 0 Å². The molecule has 1 aromatic heterocycles. The number of pyridine rings is 1. The highest BCUT2D eigenvalue weighted by molar-refractivity contribution is 5.94. The third kappa shape index (κ3) is 4.67. The fraction of sp³-hybridized carbons (Fsp3) is 0.565. The van der Waals surface area contributed by atoms with Crippen LogP contribution in [0.1, 0.15) is 31.7 Å². The number of fused-ring (bicyclic) bond motifs is 1. The van der Waals surface area contributed by atoms with E-state index in [0.29, 0.717) is 50.1 Å². The van der Waals surface area contributed by atoms with Crippen molar-refractivity contribution in [3.63, 3.8) is 0 Å². The predicted molar refractivity (Wildman–Crippen MR) is 115 cm³/mol. The molecular weight excluding hydrogens is 424 g/mol. The Bertz CT molecular complexity index is 988. The van der Waals surface area contributed by atoms with Crippen LogP contribution in [0.25, 0.3) is 10.9 Å². The molecule has 0 bridgehead atoms. The molecule has 0 spiro atoms. The zero-order chi connectivity index (χ0) is 23.1. The van der Waals surface area contributed by atoms with E-state index in [2.05, 4.69) is 15.2 Å². The quantitative estimate of drug-likeness (QED) is 0.712. The summed E-state index contributed by atoms with van der Waals surface area (Å²) in [6.07, 6.45) is -2.61. The summed E-state index contributed by atoms with van der Waals surface area (Å²) in [7, 11) is 1.94. The topological polar surface area (TPSA) is 48.5 Å². The Morgan fingerprint density at radius 2 is 1.94 bits per heavy atom. The maximum absolute atomic E-state index is 15.0. The number of amides is 1. The number of nitrogens with one attached hydrogen (secondary N) is 1. The first-order valence-corrected chi connectivity index (χ1v) is 10.9. The lowest BCUT2D eigenvalue weighted by Gasteiger charge is -2.34. The maximum atomic E-state index is 15.0. The van der Waals surface area contributed by atoms with E-state index in [1.54, 1.807) is 12.1 Å². The van der Waals surface area contributed by atoms with Gasteiger partial charge in [0.15, 0.2) is 0 Å². The number of rotatable bonds is 4. The first kappa shape index (κ1) is 22.8. The first-order valence-electron chi connectivity index (χ1n) is 10.9. The van der Waals surface area contributed by atoms with Crippen molar-refractivity contribution in [2.75, 3.05) is 38.1 Å². The Kier molecular flexibility index (Phi) is 6.04. The Morgan fingerprint density at radius 1 is 1.22 bits per heavy atom. The van der Waals surface area contributed by atoms with Gasteiger partial charge < -0.3 is 15.1 Å². The number of alkyl halides is 4. The van der Waals surface area contributed by atoms with Crippen LogP contribution in [0.3, 0.4) is 0 Å². The predicted octanol–water partition coefficient (Wildman–Crippen LogP) is 4.02. The van der Waals surface area contributed by atoms with Gasteiger partial charge in [0.2, 0.25) is 5.91 Å². The van der Waals surface area contributed by atoms with Crippen LogP contribution in [0, 0.1) is 5.92 Å². The number of hydrogen-bond acceptors (Lipinski definition) is 4. The third-order valence-corrected chi connectivity index (χ3v) is 6.71. The minimum atomic E-state index is -4.49. The largest absolute Gasteiger partial charge is 0.418 e. The molecular formula is C23H28F4N4O. The monoisotopic (exact) mass is 452 g/mol. The second-order valence-electron chi connectivity index (χ2n) is 9.22. The molecule has 4 rings (SSSR count). The van der Waals surface area contributed by atoms with E-state index in [1.165, 1.54) is 12.3 Å². The van der Waals surface area contributed by atoms with Crippen LogP contribution in [0.2, 0.25) is 0 Å². The van der Waals surface area contributed by atoms with Gasteiger partial charge in [0, 0.05) is 43.4 Å². The molecule has 32 heavy (non-hydrogen) atoms. The molecule has 0 saturated carbocycles. The van der Waals surface area contributed by atoms with Gasteiger partial charge in [-0.3, -0.25) is 9.78 Å². The number of benzene rings is 1. The molecule has 1 aromatic carbocycles. The summed E-state index contributed by atoms with van der Waals surface area (Å²) in [5.74, 6) is -0.240. The lowest BCUT2D eigenvalue weighted by atomic mass is 9.89. The standard InChI is InChI=1S/C23H28F4N4O/c1-15-13-31(14-18(15)29-20(32)12-22(24)7-10-30(2)11-8-22)19-6-5-17(23(25,26)27)21-16(19)4-3-9-28-21/h3-6,9,15,18H,7-8,10-14H2,1-2H3,(H,29,32)/t15-,18+/m1/s1. The van der Waals surface area contributed by atoms with Crippen LogP contribution in [-0.2, 0) is 11.0 Å². The van der Waals surface area contributed by atoms with E-state index in [9.17, 15) is 18.0 Å². The van der Waals surface area contributed by atoms with Gasteiger partial charge in [-0.2, -0.15) is 13.2 Å². The van der Waals surface area contributed by atoms with E-state index >= 15 is 4.39 Å². The molecule has 0 aliphatic carbocycles. The van der Waals surface area contributed by atoms with Gasteiger partial charge in [-0.05, 0) is 50.1 Å². The lowest BCUT2D eigenvalue weighted by Crippen LogP contribution is -2.46. The molecule has 2 fully saturated rings. The number of hydrogen-bond donors (Lipinski definition) is 1. The van der Waals surface area contributed by atoms with Crippen molar-refractivity contribution in [3.05, 3.63) is 36.0 Å². The smallest absolute Gasteiger partial charge is 0.369 e. The minimum Gasteiger partial charge on any atom is -0.369 e. The average Bonchev–Trinajstić information content (AvgIpc) is 3.08. The number of carbonyl (C=O) groups is 1. The van der Waals surface area contributed by atoms with Crippen molar-refractivity contribution in [1.82, 2.24) is 15.2 Å². The Balaban J connectivity index is 1.48. The molecule has 2 aliphatic rings. The zero-order valence-corrected chi connectivity index (χ0v) is 18.3. The number of anilines is 1. The van der Waals surface area contributed by atoms with E-state index in [1.807, 2.05) is 18.9 Å². The number of piperidine rings is 1. The molecule has 1 N–H and O–H groups in total. The van der Waals surface area contributed by atoms with Gasteiger partial charge in [0.25, 0.3) is 0 Å². The second-order valence-corrected chi connectivity index (χ2v) is 9.22. The molecule has 2 aliphatic heterocycles. The van der Waals surface area contributed by atoms with Gasteiger partial charge in [0.05, 0.1) is 23.5 Å². The van der Waals surface area contributed by atoms with E-state index < -0.39 is 17.4 Å². The van der Waals surface area contributed by atoms with Crippen LogP contribution in [0.5, 0.6) is 0 Å². The lowest BCUT2D eigenvalue weighted by molar-refractivity contribution is -0.136. The molecule has 0 unspecified atom stereocenters. The van der Waals surface area contributed by atoms with Crippen LogP contribution in [0.15, 0.2) is 30.5 Å². The molecule has 9 heteroatoms. The van der Waals surface area contributed by atoms with Gasteiger partial charge in [-0.1, -0.05) is 6.92 Å². The van der Waals surface area contributed by atoms with Crippen LogP contribution in [0.4, 0.5) is 23.2 Å². The number of carbonyl (C=O) groups excluding carboxylic acids is 1. The summed E-state index contributed by atoms with van der Waals surface area (Å²) in [5.41, 5.74) is -1.67. The number of halogens is 4. The summed E-state index contributed by atoms with van der Waals surface area (Å²) in [4.78, 5) is 20.6. The fourth-order valence-electron chi connectivity index (χ4n) is 4.76. The summed E-state index contributed by atoms with van der Waals surface area (Å²) >= 11 is 0. The van der Waals surface area contributed by atoms with E-state index in [0.717, 1.165) is 6.07 Å². The van der Waals surface area contributed by atoms with Crippen LogP contribution < -0.4 is 10.2 Å². The highest BCUT2D eigenvalue weighted by Crippen LogP contribution is 2.39. The Hall–Kier alpha value is -2.42. The molecule has 174 valence electrons. The zero-order valence-electron chi connectivity index (χ0n) is 18.3. The normalized spacial score (nSPS) is 24.1. The Labute approximate surface area is 184 Å². The van der Waals surface area contributed by atoms with Crippen LogP contribution >= 0.6 is 0 Å². The maximum Gasteiger partial charge on any atom is 0.418 e. The number of likely N-dealkylation sites (tertiary alicyclic amines) is 1. The molecule has 2 saturated heterocycles. The molecule has 3 heterocycles. The third-order valence-electron chi connectivity index (χ3n) is 6.71. The van der Waals surface area contributed by atoms with Crippen molar-refractivity contribution in [1.29, 1.82) is 0 Å². The number of aromatic nitrogens is 1. The first-order chi connectivity index (χ1) is 15.1. The molecule has 2 aromatic rings. The highest BCUT2D eigenvalue weighted by Gasteiger charge is 2.39. The summed E-state index contributed by atoms with van der Waals surface area (Å²) in [6.45, 7) is 4.27. The van der Waals surface area contributed by atoms with Crippen molar-refractivity contribution >= 4 is 22.5 Å². The van der Waals surface area contributed by atoms with Crippen LogP contribution in [-0.4, -0.2) is 60.7 Å². The van der Waals surface area contributed by atoms with Gasteiger partial charge in [0.1, 0.15) is 5.67 Å². The molecule has 1 amide bonds. The van der Waals surface area contributed by atoms with E-state index in [4.69, 9.17) is 0 Å². The minimum absolute atomic E-state index is 0.0704. The summed E-state index contributed by atoms with van der Waals surface area (Å²) < 4.78 is 55.2. The van der Waals surface area contributed by atoms with Crippen molar-refractivity contribution in [2.45, 2.75) is 44.1 Å². The number of nitrogens with zero attached hydrogens (tertiary/aromatic N) is 3. The SMILES string of the molecule is C[C@@H]1CN(c2ccc(C(F)(F)F)c3ncccc23)C[C@@H]1NC(=O)CC1(F)CCN(C)CC1. The Morgan fingerprint density at radius 3 is 2.62 bits per heavy atom. The van der Waals surface area contributed by atoms with Gasteiger partial charge >= 0.3 is 6.18 Å². The molecule has 5 nitrogen and oxygen atoms in total. The highest BCUT2D eigenvalue weighted by atomic mass is 19.4.